The molecule has 6 rings (SSSR count). The average Bonchev–Trinajstić information content (AvgIpc) is 3.25. The van der Waals surface area contributed by atoms with Gasteiger partial charge in [-0.1, -0.05) is 48.5 Å². The molecule has 0 heterocycles. The zero-order valence-corrected chi connectivity index (χ0v) is 38.2. The molecule has 12 nitrogen and oxygen atoms in total. The van der Waals surface area contributed by atoms with Gasteiger partial charge in [0, 0.05) is 5.92 Å². The Morgan fingerprint density at radius 1 is 0.548 bits per heavy atom. The average molecular weight is 903 g/mol. The molecule has 0 saturated heterocycles. The van der Waals surface area contributed by atoms with Crippen molar-refractivity contribution in [3.63, 3.8) is 0 Å². The summed E-state index contributed by atoms with van der Waals surface area (Å²) in [6, 6.07) is 26.4. The molecule has 0 bridgehead atoms. The van der Waals surface area contributed by atoms with Gasteiger partial charge in [-0.15, -0.1) is 0 Å². The van der Waals surface area contributed by atoms with Gasteiger partial charge in [-0.3, -0.25) is 19.2 Å². The summed E-state index contributed by atoms with van der Waals surface area (Å²) in [5.41, 5.74) is 0.915. The first kappa shape index (κ1) is 51.9. The Morgan fingerprint density at radius 3 is 1.39 bits per heavy atom. The summed E-state index contributed by atoms with van der Waals surface area (Å²) in [7, 11) is -7.29. The summed E-state index contributed by atoms with van der Waals surface area (Å²) in [4.78, 5) is 52.6. The van der Waals surface area contributed by atoms with E-state index >= 15 is 0 Å². The van der Waals surface area contributed by atoms with Crippen molar-refractivity contribution in [3.8, 4) is 0 Å². The Kier molecular flexibility index (Phi) is 19.5. The van der Waals surface area contributed by atoms with Gasteiger partial charge in [0.1, 0.15) is 0 Å². The van der Waals surface area contributed by atoms with Crippen LogP contribution in [0.4, 0.5) is 0 Å². The molecule has 0 amide bonds. The predicted octanol–water partition coefficient (Wildman–Crippen LogP) is 1.52. The van der Waals surface area contributed by atoms with Gasteiger partial charge in [-0.25, -0.2) is 16.8 Å². The molecule has 0 spiro atoms. The van der Waals surface area contributed by atoms with Gasteiger partial charge in [0.15, 0.2) is 0 Å². The number of fused-ring (bicyclic) bond motifs is 2. The van der Waals surface area contributed by atoms with Crippen molar-refractivity contribution in [1.82, 2.24) is 0 Å². The van der Waals surface area contributed by atoms with Gasteiger partial charge in [0.2, 0.25) is 19.7 Å². The van der Waals surface area contributed by atoms with E-state index in [4.69, 9.17) is 18.9 Å². The number of rotatable bonds is 14. The fourth-order valence-electron chi connectivity index (χ4n) is 7.98. The first-order valence-corrected chi connectivity index (χ1v) is 23.3. The molecule has 0 N–H and O–H groups in total. The molecule has 0 unspecified atom stereocenters. The van der Waals surface area contributed by atoms with Gasteiger partial charge >= 0.3 is 42.7 Å². The predicted molar refractivity (Wildman–Crippen MR) is 222 cm³/mol. The number of ether oxygens (including phenoxy) is 4. The molecule has 62 heavy (non-hydrogen) atoms. The van der Waals surface area contributed by atoms with E-state index in [-0.39, 0.29) is 72.8 Å². The van der Waals surface area contributed by atoms with E-state index in [1.54, 1.807) is 100 Å². The molecular formula is C46H52ClLiO12S2. The van der Waals surface area contributed by atoms with Crippen molar-refractivity contribution in [2.75, 3.05) is 26.4 Å². The quantitative estimate of drug-likeness (QED) is 0.0775. The molecule has 2 aliphatic carbocycles. The fourth-order valence-corrected chi connectivity index (χ4v) is 10.6. The van der Waals surface area contributed by atoms with E-state index in [1.807, 2.05) is 6.07 Å². The van der Waals surface area contributed by atoms with Crippen LogP contribution in [-0.4, -0.2) is 67.1 Å². The van der Waals surface area contributed by atoms with E-state index in [0.29, 0.717) is 53.2 Å². The number of hydrogen-bond donors (Lipinski definition) is 0. The molecule has 0 fully saturated rings. The Hall–Kier alpha value is -4.45. The molecule has 0 aromatic heterocycles. The minimum absolute atomic E-state index is 0. The molecule has 4 aromatic rings. The molecule has 2 aliphatic rings. The van der Waals surface area contributed by atoms with Crippen molar-refractivity contribution < 1.29 is 86.2 Å². The number of sulfone groups is 2. The third-order valence-electron chi connectivity index (χ3n) is 10.7. The Bertz CT molecular complexity index is 2350. The monoisotopic (exact) mass is 902 g/mol. The number of hydrogen-bond acceptors (Lipinski definition) is 12. The topological polar surface area (TPSA) is 173 Å². The Balaban J connectivity index is 0.000000336. The minimum atomic E-state index is -3.78. The van der Waals surface area contributed by atoms with Crippen LogP contribution in [0.1, 0.15) is 93.9 Å². The Morgan fingerprint density at radius 2 is 0.952 bits per heavy atom. The first-order valence-electron chi connectivity index (χ1n) is 20.3. The van der Waals surface area contributed by atoms with Gasteiger partial charge in [-0.05, 0) is 143 Å². The normalized spacial score (nSPS) is 15.6. The minimum Gasteiger partial charge on any atom is -1.00 e. The third-order valence-corrected chi connectivity index (χ3v) is 14.3. The molecule has 16 heteroatoms. The summed E-state index contributed by atoms with van der Waals surface area (Å²) in [5.74, 6) is -4.11. The molecular weight excluding hydrogens is 851 g/mol. The summed E-state index contributed by atoms with van der Waals surface area (Å²) < 4.78 is 72.6. The van der Waals surface area contributed by atoms with Crippen LogP contribution in [0.3, 0.4) is 0 Å². The summed E-state index contributed by atoms with van der Waals surface area (Å²) >= 11 is 0. The maximum atomic E-state index is 13.3. The first-order chi connectivity index (χ1) is 28.8. The molecule has 0 radical (unpaired) electrons. The van der Waals surface area contributed by atoms with Gasteiger partial charge < -0.3 is 31.4 Å². The van der Waals surface area contributed by atoms with Crippen LogP contribution in [0.5, 0.6) is 0 Å². The van der Waals surface area contributed by atoms with Crippen LogP contribution in [0.2, 0.25) is 0 Å². The summed E-state index contributed by atoms with van der Waals surface area (Å²) in [6.07, 6.45) is 4.43. The van der Waals surface area contributed by atoms with Crippen LogP contribution in [-0.2, 0) is 70.6 Å². The molecule has 2 atom stereocenters. The fraction of sp³-hybridized carbons (Fsp3) is 0.391. The smallest absolute Gasteiger partial charge is 1.00 e. The van der Waals surface area contributed by atoms with Crippen molar-refractivity contribution in [3.05, 3.63) is 119 Å². The second kappa shape index (κ2) is 23.3. The molecule has 0 aliphatic heterocycles. The third kappa shape index (κ3) is 11.2. The second-order valence-electron chi connectivity index (χ2n) is 14.4. The van der Waals surface area contributed by atoms with E-state index in [2.05, 4.69) is 0 Å². The van der Waals surface area contributed by atoms with Gasteiger partial charge in [-0.2, -0.15) is 0 Å². The molecule has 0 saturated carbocycles. The largest absolute Gasteiger partial charge is 1.00 e. The van der Waals surface area contributed by atoms with Crippen LogP contribution >= 0.6 is 0 Å². The number of aryl methyl sites for hydroxylation is 2. The molecule has 328 valence electrons. The molecule has 4 aromatic carbocycles. The number of halogens is 1. The van der Waals surface area contributed by atoms with E-state index in [0.717, 1.165) is 30.4 Å². The van der Waals surface area contributed by atoms with Gasteiger partial charge in [0.25, 0.3) is 5.41 Å². The van der Waals surface area contributed by atoms with Crippen LogP contribution < -0.4 is 31.3 Å². The standard InChI is InChI=1S/C26H30O8S.C20H22O4S.ClH.Li/c1-4-32-23(27)26(24(28)33-5-2,25(29)34-6-3)22-14-10-11-18-17-20(15-16-21(18)22)35(30,31)19-12-8-7-9-13-19;1-2-24-20(21)14-16-8-6-7-15-13-18(11-12-19(15)16)25(22,23)17-9-4-3-5-10-17;;/h7-9,12-13,15-17,22H,4-6,10-11,14H2,1-3H3;3-5,9-13,16H,2,6-8,14H2,1H3;1H;/q;;;+1/p-1/t22-;16-;;/m10../s1. The van der Waals surface area contributed by atoms with Gasteiger partial charge in [0.05, 0.1) is 52.4 Å². The zero-order chi connectivity index (χ0) is 43.5. The summed E-state index contributed by atoms with van der Waals surface area (Å²) in [6.45, 7) is 6.77. The maximum absolute atomic E-state index is 13.3. The van der Waals surface area contributed by atoms with Crippen LogP contribution in [0.15, 0.2) is 117 Å². The van der Waals surface area contributed by atoms with Crippen LogP contribution in [0, 0.1) is 5.41 Å². The van der Waals surface area contributed by atoms with Crippen molar-refractivity contribution in [2.24, 2.45) is 5.41 Å². The number of carbonyl (C=O) groups excluding carboxylic acids is 4. The van der Waals surface area contributed by atoms with Crippen molar-refractivity contribution in [2.45, 2.75) is 104 Å². The number of benzene rings is 4. The van der Waals surface area contributed by atoms with Crippen LogP contribution in [0.25, 0.3) is 0 Å². The maximum Gasteiger partial charge on any atom is 1.00 e. The van der Waals surface area contributed by atoms with E-state index in [1.165, 1.54) is 18.2 Å². The number of esters is 4. The van der Waals surface area contributed by atoms with E-state index < -0.39 is 48.9 Å². The summed E-state index contributed by atoms with van der Waals surface area (Å²) in [5, 5.41) is 0. The van der Waals surface area contributed by atoms with Crippen molar-refractivity contribution >= 4 is 43.6 Å². The zero-order valence-electron chi connectivity index (χ0n) is 35.8. The Labute approximate surface area is 382 Å². The SMILES string of the molecule is CCOC(=O)C(C(=O)OCC)(C(=O)OCC)[C@@H]1CCCc2cc(S(=O)(=O)c3ccccc3)ccc21.CCOC(=O)C[C@@H]1CCCc2cc(S(=O)(=O)c3ccccc3)ccc21.[Cl-].[Li+]. The van der Waals surface area contributed by atoms with Crippen molar-refractivity contribution in [1.29, 1.82) is 0 Å². The number of carbonyl (C=O) groups is 4. The van der Waals surface area contributed by atoms with E-state index in [9.17, 15) is 36.0 Å². The second-order valence-corrected chi connectivity index (χ2v) is 18.3.